The summed E-state index contributed by atoms with van der Waals surface area (Å²) in [5.41, 5.74) is 1.86. The van der Waals surface area contributed by atoms with E-state index in [1.54, 1.807) is 32.4 Å². The maximum atomic E-state index is 12.7. The lowest BCUT2D eigenvalue weighted by Gasteiger charge is -2.34. The maximum absolute atomic E-state index is 12.7. The Balaban J connectivity index is 1.29. The summed E-state index contributed by atoms with van der Waals surface area (Å²) >= 11 is 0. The van der Waals surface area contributed by atoms with Crippen LogP contribution in [0, 0.1) is 0 Å². The average molecular weight is 398 g/mol. The summed E-state index contributed by atoms with van der Waals surface area (Å²) in [6.07, 6.45) is 0. The fourth-order valence-corrected chi connectivity index (χ4v) is 3.71. The van der Waals surface area contributed by atoms with Crippen molar-refractivity contribution in [2.45, 2.75) is 6.54 Å². The number of hydrogen-bond acceptors (Lipinski definition) is 7. The molecule has 2 aliphatic heterocycles. The second kappa shape index (κ2) is 8.71. The number of nitrogens with zero attached hydrogens (tertiary/aromatic N) is 2. The van der Waals surface area contributed by atoms with Gasteiger partial charge in [-0.1, -0.05) is 6.07 Å². The third-order valence-corrected chi connectivity index (χ3v) is 5.38. The molecule has 29 heavy (non-hydrogen) atoms. The average Bonchev–Trinajstić information content (AvgIpc) is 3.22. The molecule has 0 atom stereocenters. The van der Waals surface area contributed by atoms with Gasteiger partial charge in [0.05, 0.1) is 20.8 Å². The van der Waals surface area contributed by atoms with Crippen molar-refractivity contribution in [1.29, 1.82) is 0 Å². The van der Waals surface area contributed by atoms with Gasteiger partial charge >= 0.3 is 0 Å². The van der Waals surface area contributed by atoms with Crippen molar-refractivity contribution in [3.8, 4) is 23.0 Å². The number of carbonyl (C=O) groups is 1. The number of ketones is 1. The van der Waals surface area contributed by atoms with E-state index in [9.17, 15) is 4.79 Å². The quantitative estimate of drug-likeness (QED) is 0.664. The Morgan fingerprint density at radius 2 is 1.62 bits per heavy atom. The number of hydrogen-bond donors (Lipinski definition) is 0. The lowest BCUT2D eigenvalue weighted by Crippen LogP contribution is -2.47. The molecule has 0 spiro atoms. The van der Waals surface area contributed by atoms with Gasteiger partial charge in [-0.3, -0.25) is 14.6 Å². The number of ether oxygens (including phenoxy) is 4. The van der Waals surface area contributed by atoms with Crippen LogP contribution in [0.15, 0.2) is 36.4 Å². The summed E-state index contributed by atoms with van der Waals surface area (Å²) in [7, 11) is 3.16. The Labute approximate surface area is 170 Å². The van der Waals surface area contributed by atoms with Crippen LogP contribution in [0.2, 0.25) is 0 Å². The SMILES string of the molecule is COc1ccc(C(=O)CN2CCN(Cc3ccc4c(c3)OCO4)CC2)cc1OC. The lowest BCUT2D eigenvalue weighted by molar-refractivity contribution is 0.0843. The van der Waals surface area contributed by atoms with Crippen molar-refractivity contribution in [3.05, 3.63) is 47.5 Å². The number of methoxy groups -OCH3 is 2. The monoisotopic (exact) mass is 398 g/mol. The van der Waals surface area contributed by atoms with Gasteiger partial charge in [0.25, 0.3) is 0 Å². The van der Waals surface area contributed by atoms with Crippen molar-refractivity contribution in [2.24, 2.45) is 0 Å². The van der Waals surface area contributed by atoms with Crippen LogP contribution in [0.25, 0.3) is 0 Å². The van der Waals surface area contributed by atoms with Crippen LogP contribution in [0.5, 0.6) is 23.0 Å². The molecule has 2 heterocycles. The van der Waals surface area contributed by atoms with Gasteiger partial charge in [0.2, 0.25) is 6.79 Å². The zero-order valence-electron chi connectivity index (χ0n) is 16.8. The Bertz CT molecular complexity index is 878. The summed E-state index contributed by atoms with van der Waals surface area (Å²) in [5.74, 6) is 2.93. The molecule has 2 aromatic rings. The van der Waals surface area contributed by atoms with Gasteiger partial charge < -0.3 is 18.9 Å². The van der Waals surface area contributed by atoms with Gasteiger partial charge in [-0.05, 0) is 35.9 Å². The molecule has 0 N–H and O–H groups in total. The molecule has 0 amide bonds. The van der Waals surface area contributed by atoms with Gasteiger partial charge in [-0.25, -0.2) is 0 Å². The number of piperazine rings is 1. The highest BCUT2D eigenvalue weighted by Gasteiger charge is 2.21. The van der Waals surface area contributed by atoms with Crippen LogP contribution in [-0.2, 0) is 6.54 Å². The first-order chi connectivity index (χ1) is 14.2. The van der Waals surface area contributed by atoms with E-state index in [1.807, 2.05) is 6.07 Å². The van der Waals surface area contributed by atoms with Crippen LogP contribution in [-0.4, -0.2) is 69.3 Å². The van der Waals surface area contributed by atoms with Crippen LogP contribution < -0.4 is 18.9 Å². The van der Waals surface area contributed by atoms with E-state index in [2.05, 4.69) is 21.9 Å². The summed E-state index contributed by atoms with van der Waals surface area (Å²) in [5, 5.41) is 0. The Kier molecular flexibility index (Phi) is 5.87. The minimum absolute atomic E-state index is 0.0928. The molecule has 0 unspecified atom stereocenters. The second-order valence-corrected chi connectivity index (χ2v) is 7.23. The summed E-state index contributed by atoms with van der Waals surface area (Å²) in [6.45, 7) is 5.15. The summed E-state index contributed by atoms with van der Waals surface area (Å²) in [6, 6.07) is 11.4. The van der Waals surface area contributed by atoms with Crippen molar-refractivity contribution in [1.82, 2.24) is 9.80 Å². The molecule has 2 aromatic carbocycles. The Morgan fingerprint density at radius 1 is 0.897 bits per heavy atom. The number of benzene rings is 2. The topological polar surface area (TPSA) is 60.5 Å². The Morgan fingerprint density at radius 3 is 2.38 bits per heavy atom. The lowest BCUT2D eigenvalue weighted by atomic mass is 10.1. The van der Waals surface area contributed by atoms with Gasteiger partial charge in [0.1, 0.15) is 0 Å². The maximum Gasteiger partial charge on any atom is 0.231 e. The first-order valence-electron chi connectivity index (χ1n) is 9.75. The van der Waals surface area contributed by atoms with E-state index in [0.29, 0.717) is 30.4 Å². The number of fused-ring (bicyclic) bond motifs is 1. The molecule has 2 aliphatic rings. The fourth-order valence-electron chi connectivity index (χ4n) is 3.71. The van der Waals surface area contributed by atoms with Gasteiger partial charge in [-0.15, -0.1) is 0 Å². The highest BCUT2D eigenvalue weighted by atomic mass is 16.7. The number of carbonyl (C=O) groups excluding carboxylic acids is 1. The molecule has 1 fully saturated rings. The van der Waals surface area contributed by atoms with Crippen LogP contribution in [0.1, 0.15) is 15.9 Å². The zero-order valence-corrected chi connectivity index (χ0v) is 16.8. The van der Waals surface area contributed by atoms with Crippen LogP contribution >= 0.6 is 0 Å². The predicted molar refractivity (Wildman–Crippen MR) is 108 cm³/mol. The first-order valence-corrected chi connectivity index (χ1v) is 9.75. The third kappa shape index (κ3) is 4.46. The first kappa shape index (κ1) is 19.5. The van der Waals surface area contributed by atoms with E-state index in [1.165, 1.54) is 5.56 Å². The molecule has 0 aromatic heterocycles. The highest BCUT2D eigenvalue weighted by Crippen LogP contribution is 2.33. The molecule has 1 saturated heterocycles. The summed E-state index contributed by atoms with van der Waals surface area (Å²) < 4.78 is 21.4. The molecule has 4 rings (SSSR count). The number of rotatable bonds is 7. The zero-order chi connectivity index (χ0) is 20.2. The standard InChI is InChI=1S/C22H26N2O5/c1-26-19-6-4-17(12-21(19)27-2)18(25)14-24-9-7-23(8-10-24)13-16-3-5-20-22(11-16)29-15-28-20/h3-6,11-12H,7-10,13-15H2,1-2H3. The minimum Gasteiger partial charge on any atom is -0.493 e. The smallest absolute Gasteiger partial charge is 0.231 e. The van der Waals surface area contributed by atoms with Crippen molar-refractivity contribution < 1.29 is 23.7 Å². The molecular weight excluding hydrogens is 372 g/mol. The van der Waals surface area contributed by atoms with Crippen LogP contribution in [0.3, 0.4) is 0 Å². The Hall–Kier alpha value is -2.77. The molecule has 7 heteroatoms. The molecule has 7 nitrogen and oxygen atoms in total. The molecular formula is C22H26N2O5. The normalized spacial score (nSPS) is 16.6. The molecule has 0 bridgehead atoms. The molecule has 0 aliphatic carbocycles. The summed E-state index contributed by atoms with van der Waals surface area (Å²) in [4.78, 5) is 17.3. The predicted octanol–water partition coefficient (Wildman–Crippen LogP) is 2.43. The second-order valence-electron chi connectivity index (χ2n) is 7.23. The molecule has 154 valence electrons. The highest BCUT2D eigenvalue weighted by molar-refractivity contribution is 5.98. The van der Waals surface area contributed by atoms with E-state index in [0.717, 1.165) is 44.2 Å². The van der Waals surface area contributed by atoms with E-state index in [-0.39, 0.29) is 5.78 Å². The largest absolute Gasteiger partial charge is 0.493 e. The van der Waals surface area contributed by atoms with Gasteiger partial charge in [0.15, 0.2) is 28.8 Å². The molecule has 0 radical (unpaired) electrons. The van der Waals surface area contributed by atoms with Crippen molar-refractivity contribution >= 4 is 5.78 Å². The fraction of sp³-hybridized carbons (Fsp3) is 0.409. The van der Waals surface area contributed by atoms with Gasteiger partial charge in [-0.2, -0.15) is 0 Å². The molecule has 0 saturated carbocycles. The van der Waals surface area contributed by atoms with E-state index in [4.69, 9.17) is 18.9 Å². The van der Waals surface area contributed by atoms with Gasteiger partial charge in [0, 0.05) is 38.3 Å². The van der Waals surface area contributed by atoms with E-state index < -0.39 is 0 Å². The number of Topliss-reactive ketones (excluding diaryl/α,β-unsaturated/α-hetero) is 1. The third-order valence-electron chi connectivity index (χ3n) is 5.38. The minimum atomic E-state index is 0.0928. The van der Waals surface area contributed by atoms with Crippen molar-refractivity contribution in [2.75, 3.05) is 53.7 Å². The van der Waals surface area contributed by atoms with Crippen molar-refractivity contribution in [3.63, 3.8) is 0 Å². The van der Waals surface area contributed by atoms with Crippen LogP contribution in [0.4, 0.5) is 0 Å². The van der Waals surface area contributed by atoms with E-state index >= 15 is 0 Å².